The van der Waals surface area contributed by atoms with Gasteiger partial charge in [0, 0.05) is 24.2 Å². The molecule has 2 N–H and O–H groups in total. The van der Waals surface area contributed by atoms with Crippen molar-refractivity contribution in [3.63, 3.8) is 0 Å². The number of hydrogen-bond donors (Lipinski definition) is 2. The Hall–Kier alpha value is -1.62. The van der Waals surface area contributed by atoms with Gasteiger partial charge < -0.3 is 15.2 Å². The van der Waals surface area contributed by atoms with E-state index in [1.54, 1.807) is 12.1 Å². The van der Waals surface area contributed by atoms with Crippen LogP contribution in [0.5, 0.6) is 0 Å². The number of pyridine rings is 1. The van der Waals surface area contributed by atoms with Gasteiger partial charge >= 0.3 is 0 Å². The van der Waals surface area contributed by atoms with Crippen LogP contribution in [0, 0.1) is 0 Å². The maximum absolute atomic E-state index is 12.7. The van der Waals surface area contributed by atoms with Crippen LogP contribution in [0.25, 0.3) is 0 Å². The number of aromatic amines is 1. The number of hydrogen-bond acceptors (Lipinski definition) is 3. The van der Waals surface area contributed by atoms with Gasteiger partial charge in [-0.25, -0.2) is 0 Å². The van der Waals surface area contributed by atoms with Crippen LogP contribution >= 0.6 is 0 Å². The van der Waals surface area contributed by atoms with Crippen molar-refractivity contribution in [2.24, 2.45) is 0 Å². The number of aromatic nitrogens is 1. The molecule has 0 aromatic carbocycles. The second-order valence-corrected chi connectivity index (χ2v) is 6.03. The number of amides is 1. The second-order valence-electron chi connectivity index (χ2n) is 6.03. The monoisotopic (exact) mass is 275 g/mol. The van der Waals surface area contributed by atoms with Gasteiger partial charge in [0.25, 0.3) is 5.91 Å². The highest BCUT2D eigenvalue weighted by atomic mass is 16.2. The first-order valence-electron chi connectivity index (χ1n) is 7.35. The SMILES string of the molecule is C[C@]12CCCN(C(=O)c3cccc(=O)[nH]3)[C@@H]1CCCN2. The van der Waals surface area contributed by atoms with Gasteiger partial charge in [-0.2, -0.15) is 0 Å². The van der Waals surface area contributed by atoms with E-state index in [1.807, 2.05) is 4.90 Å². The number of carbonyl (C=O) groups excluding carboxylic acids is 1. The number of piperidine rings is 2. The molecule has 3 heterocycles. The molecule has 1 amide bonds. The van der Waals surface area contributed by atoms with E-state index in [1.165, 1.54) is 6.07 Å². The molecule has 0 bridgehead atoms. The van der Waals surface area contributed by atoms with Crippen molar-refractivity contribution in [3.05, 3.63) is 34.2 Å². The molecule has 2 aliphatic heterocycles. The molecular weight excluding hydrogens is 254 g/mol. The predicted octanol–water partition coefficient (Wildman–Crippen LogP) is 1.12. The van der Waals surface area contributed by atoms with Crippen molar-refractivity contribution in [1.29, 1.82) is 0 Å². The normalized spacial score (nSPS) is 29.9. The number of nitrogens with one attached hydrogen (secondary N) is 2. The molecule has 0 radical (unpaired) electrons. The van der Waals surface area contributed by atoms with Crippen molar-refractivity contribution in [3.8, 4) is 0 Å². The van der Waals surface area contributed by atoms with Crippen LogP contribution in [0.15, 0.2) is 23.0 Å². The smallest absolute Gasteiger partial charge is 0.270 e. The Kier molecular flexibility index (Phi) is 3.38. The Bertz CT molecular complexity index is 564. The minimum atomic E-state index is -0.225. The lowest BCUT2D eigenvalue weighted by Gasteiger charge is -2.51. The van der Waals surface area contributed by atoms with E-state index in [0.717, 1.165) is 38.8 Å². The van der Waals surface area contributed by atoms with Gasteiger partial charge in [0.2, 0.25) is 5.56 Å². The number of carbonyl (C=O) groups is 1. The first-order valence-corrected chi connectivity index (χ1v) is 7.35. The van der Waals surface area contributed by atoms with Crippen molar-refractivity contribution >= 4 is 5.91 Å². The number of H-pyrrole nitrogens is 1. The molecule has 2 saturated heterocycles. The molecule has 0 unspecified atom stereocenters. The Morgan fingerprint density at radius 3 is 3.05 bits per heavy atom. The summed E-state index contributed by atoms with van der Waals surface area (Å²) in [6.45, 7) is 4.01. The highest BCUT2D eigenvalue weighted by molar-refractivity contribution is 5.92. The maximum Gasteiger partial charge on any atom is 0.270 e. The van der Waals surface area contributed by atoms with E-state index in [4.69, 9.17) is 0 Å². The van der Waals surface area contributed by atoms with Crippen molar-refractivity contribution in [1.82, 2.24) is 15.2 Å². The zero-order valence-electron chi connectivity index (χ0n) is 11.8. The third-order valence-electron chi connectivity index (χ3n) is 4.65. The standard InChI is InChI=1S/C15H21N3O2/c1-15-8-4-10-18(12(15)6-3-9-16-15)14(20)11-5-2-7-13(19)17-11/h2,5,7,12,16H,3-4,6,8-10H2,1H3,(H,17,19)/t12-,15+/m1/s1. The van der Waals surface area contributed by atoms with Gasteiger partial charge in [0.05, 0.1) is 0 Å². The van der Waals surface area contributed by atoms with Crippen molar-refractivity contribution in [2.75, 3.05) is 13.1 Å². The Morgan fingerprint density at radius 2 is 2.25 bits per heavy atom. The molecule has 2 fully saturated rings. The fourth-order valence-electron chi connectivity index (χ4n) is 3.60. The minimum Gasteiger partial charge on any atom is -0.333 e. The Morgan fingerprint density at radius 1 is 1.40 bits per heavy atom. The zero-order valence-corrected chi connectivity index (χ0v) is 11.8. The zero-order chi connectivity index (χ0) is 14.2. The lowest BCUT2D eigenvalue weighted by Crippen LogP contribution is -2.65. The summed E-state index contributed by atoms with van der Waals surface area (Å²) in [7, 11) is 0. The molecule has 2 aliphatic rings. The van der Waals surface area contributed by atoms with Gasteiger partial charge in [-0.1, -0.05) is 6.07 Å². The lowest BCUT2D eigenvalue weighted by molar-refractivity contribution is 0.0248. The average Bonchev–Trinajstić information content (AvgIpc) is 2.45. The van der Waals surface area contributed by atoms with Crippen LogP contribution in [-0.2, 0) is 0 Å². The number of fused-ring (bicyclic) bond motifs is 1. The average molecular weight is 275 g/mol. The molecular formula is C15H21N3O2. The molecule has 1 aromatic heterocycles. The van der Waals surface area contributed by atoms with E-state index in [9.17, 15) is 9.59 Å². The molecule has 0 spiro atoms. The summed E-state index contributed by atoms with van der Waals surface area (Å²) in [5.74, 6) is -0.0534. The summed E-state index contributed by atoms with van der Waals surface area (Å²) in [5.41, 5.74) is 0.186. The van der Waals surface area contributed by atoms with E-state index < -0.39 is 0 Å². The summed E-state index contributed by atoms with van der Waals surface area (Å²) in [4.78, 5) is 28.7. The molecule has 5 heteroatoms. The van der Waals surface area contributed by atoms with E-state index in [-0.39, 0.29) is 23.0 Å². The molecule has 20 heavy (non-hydrogen) atoms. The van der Waals surface area contributed by atoms with Crippen LogP contribution < -0.4 is 10.9 Å². The molecule has 0 saturated carbocycles. The first kappa shape index (κ1) is 13.4. The highest BCUT2D eigenvalue weighted by Gasteiger charge is 2.44. The van der Waals surface area contributed by atoms with Gasteiger partial charge in [-0.05, 0) is 45.2 Å². The number of rotatable bonds is 1. The fraction of sp³-hybridized carbons (Fsp3) is 0.600. The van der Waals surface area contributed by atoms with E-state index >= 15 is 0 Å². The van der Waals surface area contributed by atoms with Gasteiger partial charge in [0.15, 0.2) is 0 Å². The quantitative estimate of drug-likeness (QED) is 0.807. The van der Waals surface area contributed by atoms with Crippen LogP contribution in [0.1, 0.15) is 43.1 Å². The summed E-state index contributed by atoms with van der Waals surface area (Å²) >= 11 is 0. The molecule has 0 aliphatic carbocycles. The highest BCUT2D eigenvalue weighted by Crippen LogP contribution is 2.33. The maximum atomic E-state index is 12.7. The van der Waals surface area contributed by atoms with Gasteiger partial charge in [-0.15, -0.1) is 0 Å². The minimum absolute atomic E-state index is 0.0151. The molecule has 2 atom stereocenters. The fourth-order valence-corrected chi connectivity index (χ4v) is 3.60. The molecule has 5 nitrogen and oxygen atoms in total. The predicted molar refractivity (Wildman–Crippen MR) is 76.8 cm³/mol. The largest absolute Gasteiger partial charge is 0.333 e. The lowest BCUT2D eigenvalue weighted by atomic mass is 9.77. The van der Waals surface area contributed by atoms with E-state index in [2.05, 4.69) is 17.2 Å². The topological polar surface area (TPSA) is 65.2 Å². The molecule has 3 rings (SSSR count). The summed E-state index contributed by atoms with van der Waals surface area (Å²) < 4.78 is 0. The van der Waals surface area contributed by atoms with E-state index in [0.29, 0.717) is 5.69 Å². The summed E-state index contributed by atoms with van der Waals surface area (Å²) in [6.07, 6.45) is 4.23. The number of likely N-dealkylation sites (tertiary alicyclic amines) is 1. The van der Waals surface area contributed by atoms with Crippen molar-refractivity contribution < 1.29 is 4.79 Å². The summed E-state index contributed by atoms with van der Waals surface area (Å²) in [5, 5.41) is 3.58. The number of nitrogens with zero attached hydrogens (tertiary/aromatic N) is 1. The first-order chi connectivity index (χ1) is 9.60. The van der Waals surface area contributed by atoms with Gasteiger partial charge in [-0.3, -0.25) is 9.59 Å². The van der Waals surface area contributed by atoms with Crippen LogP contribution in [0.3, 0.4) is 0 Å². The van der Waals surface area contributed by atoms with Gasteiger partial charge in [0.1, 0.15) is 5.69 Å². The second kappa shape index (κ2) is 5.05. The third kappa shape index (κ3) is 2.26. The Labute approximate surface area is 118 Å². The van der Waals surface area contributed by atoms with Crippen LogP contribution in [0.2, 0.25) is 0 Å². The Balaban J connectivity index is 1.88. The van der Waals surface area contributed by atoms with Crippen LogP contribution in [0.4, 0.5) is 0 Å². The molecule has 108 valence electrons. The molecule has 1 aromatic rings. The van der Waals surface area contributed by atoms with Crippen molar-refractivity contribution in [2.45, 2.75) is 44.2 Å². The summed E-state index contributed by atoms with van der Waals surface area (Å²) in [6, 6.07) is 4.97. The third-order valence-corrected chi connectivity index (χ3v) is 4.65. The van der Waals surface area contributed by atoms with Crippen LogP contribution in [-0.4, -0.2) is 40.5 Å².